The topological polar surface area (TPSA) is 78.3 Å². The zero-order valence-corrected chi connectivity index (χ0v) is 7.33. The summed E-state index contributed by atoms with van der Waals surface area (Å²) in [6.07, 6.45) is 0.582. The summed E-state index contributed by atoms with van der Waals surface area (Å²) in [5.74, 6) is 0.201. The molecule has 0 radical (unpaired) electrons. The Balaban J connectivity index is 0.000000354. The van der Waals surface area contributed by atoms with Crippen LogP contribution < -0.4 is 5.73 Å². The van der Waals surface area contributed by atoms with Crippen molar-refractivity contribution in [2.24, 2.45) is 0 Å². The van der Waals surface area contributed by atoms with Crippen molar-refractivity contribution >= 4 is 12.3 Å². The Hall–Kier alpha value is -1.36. The number of nitrogen functional groups attached to an aromatic ring is 1. The lowest BCUT2D eigenvalue weighted by molar-refractivity contribution is 0.110. The lowest BCUT2D eigenvalue weighted by atomic mass is 10.4. The SMILES string of the molecule is COC.Cc1nc(N)oc1C=O. The molecule has 0 bridgehead atoms. The van der Waals surface area contributed by atoms with Crippen molar-refractivity contribution in [1.29, 1.82) is 0 Å². The first-order chi connectivity index (χ1) is 5.65. The molecule has 68 valence electrons. The molecule has 0 fully saturated rings. The number of hydrogen-bond donors (Lipinski definition) is 1. The quantitative estimate of drug-likeness (QED) is 0.629. The number of hydrogen-bond acceptors (Lipinski definition) is 5. The van der Waals surface area contributed by atoms with Crippen molar-refractivity contribution in [3.05, 3.63) is 11.5 Å². The molecule has 2 N–H and O–H groups in total. The molecule has 1 heterocycles. The number of carbonyl (C=O) groups excluding carboxylic acids is 1. The maximum atomic E-state index is 10.1. The lowest BCUT2D eigenvalue weighted by Crippen LogP contribution is -1.81. The van der Waals surface area contributed by atoms with Crippen LogP contribution in [0.5, 0.6) is 0 Å². The van der Waals surface area contributed by atoms with Gasteiger partial charge >= 0.3 is 0 Å². The van der Waals surface area contributed by atoms with E-state index in [1.54, 1.807) is 21.1 Å². The third-order valence-electron chi connectivity index (χ3n) is 0.956. The van der Waals surface area contributed by atoms with Gasteiger partial charge in [-0.3, -0.25) is 4.79 Å². The molecule has 0 aliphatic carbocycles. The van der Waals surface area contributed by atoms with Gasteiger partial charge < -0.3 is 14.9 Å². The molecule has 12 heavy (non-hydrogen) atoms. The van der Waals surface area contributed by atoms with Crippen molar-refractivity contribution in [1.82, 2.24) is 4.98 Å². The van der Waals surface area contributed by atoms with Crippen LogP contribution in [0.3, 0.4) is 0 Å². The summed E-state index contributed by atoms with van der Waals surface area (Å²) < 4.78 is 8.91. The maximum Gasteiger partial charge on any atom is 0.292 e. The number of aromatic nitrogens is 1. The van der Waals surface area contributed by atoms with Gasteiger partial charge in [0.2, 0.25) is 0 Å². The largest absolute Gasteiger partial charge is 0.421 e. The highest BCUT2D eigenvalue weighted by atomic mass is 16.4. The van der Waals surface area contributed by atoms with E-state index in [4.69, 9.17) is 5.73 Å². The molecule has 1 aromatic rings. The summed E-state index contributed by atoms with van der Waals surface area (Å²) in [6, 6.07) is 0.0367. The van der Waals surface area contributed by atoms with Crippen molar-refractivity contribution in [3.63, 3.8) is 0 Å². The number of aldehydes is 1. The minimum atomic E-state index is 0.0367. The summed E-state index contributed by atoms with van der Waals surface area (Å²) in [5, 5.41) is 0. The van der Waals surface area contributed by atoms with E-state index in [1.807, 2.05) is 0 Å². The maximum absolute atomic E-state index is 10.1. The summed E-state index contributed by atoms with van der Waals surface area (Å²) >= 11 is 0. The number of aryl methyl sites for hydroxylation is 1. The zero-order chi connectivity index (χ0) is 9.56. The van der Waals surface area contributed by atoms with Crippen molar-refractivity contribution in [2.45, 2.75) is 6.92 Å². The fourth-order valence-corrected chi connectivity index (χ4v) is 0.539. The first-order valence-electron chi connectivity index (χ1n) is 3.24. The predicted molar refractivity (Wildman–Crippen MR) is 44.0 cm³/mol. The normalized spacial score (nSPS) is 8.58. The van der Waals surface area contributed by atoms with Crippen LogP contribution in [0, 0.1) is 6.92 Å². The van der Waals surface area contributed by atoms with Crippen molar-refractivity contribution < 1.29 is 13.9 Å². The number of oxazole rings is 1. The standard InChI is InChI=1S/C5H6N2O2.C2H6O/c1-3-4(2-8)9-5(6)7-3;1-3-2/h2H,1H3,(H2,6,7);1-2H3. The second-order valence-corrected chi connectivity index (χ2v) is 2.03. The highest BCUT2D eigenvalue weighted by Gasteiger charge is 2.03. The summed E-state index contributed by atoms with van der Waals surface area (Å²) in [4.78, 5) is 13.7. The van der Waals surface area contributed by atoms with Crippen LogP contribution in [0.25, 0.3) is 0 Å². The van der Waals surface area contributed by atoms with Gasteiger partial charge in [0.1, 0.15) is 0 Å². The van der Waals surface area contributed by atoms with Crippen LogP contribution in [0.2, 0.25) is 0 Å². The van der Waals surface area contributed by atoms with E-state index in [-0.39, 0.29) is 11.8 Å². The molecule has 5 nitrogen and oxygen atoms in total. The monoisotopic (exact) mass is 172 g/mol. The van der Waals surface area contributed by atoms with Crippen molar-refractivity contribution in [2.75, 3.05) is 20.0 Å². The van der Waals surface area contributed by atoms with E-state index in [2.05, 4.69) is 14.1 Å². The first kappa shape index (κ1) is 10.6. The Bertz CT molecular complexity index is 245. The third-order valence-corrected chi connectivity index (χ3v) is 0.956. The van der Waals surface area contributed by atoms with Gasteiger partial charge in [-0.1, -0.05) is 0 Å². The van der Waals surface area contributed by atoms with E-state index in [0.717, 1.165) is 0 Å². The predicted octanol–water partition coefficient (Wildman–Crippen LogP) is 0.640. The first-order valence-corrected chi connectivity index (χ1v) is 3.24. The Kier molecular flexibility index (Phi) is 4.71. The zero-order valence-electron chi connectivity index (χ0n) is 7.33. The van der Waals surface area contributed by atoms with Crippen LogP contribution >= 0.6 is 0 Å². The van der Waals surface area contributed by atoms with Gasteiger partial charge in [0.15, 0.2) is 12.0 Å². The molecule has 1 aromatic heterocycles. The number of methoxy groups -OCH3 is 1. The molecule has 0 saturated heterocycles. The van der Waals surface area contributed by atoms with E-state index in [9.17, 15) is 4.79 Å². The second kappa shape index (κ2) is 5.31. The Morgan fingerprint density at radius 3 is 2.25 bits per heavy atom. The van der Waals surface area contributed by atoms with Gasteiger partial charge in [-0.2, -0.15) is 4.98 Å². The highest BCUT2D eigenvalue weighted by molar-refractivity contribution is 5.72. The third kappa shape index (κ3) is 3.16. The molecule has 0 atom stereocenters. The molecule has 5 heteroatoms. The van der Waals surface area contributed by atoms with Gasteiger partial charge in [-0.25, -0.2) is 0 Å². The van der Waals surface area contributed by atoms with Crippen LogP contribution in [0.15, 0.2) is 4.42 Å². The van der Waals surface area contributed by atoms with Gasteiger partial charge in [-0.05, 0) is 6.92 Å². The summed E-state index contributed by atoms with van der Waals surface area (Å²) in [7, 11) is 3.25. The Morgan fingerprint density at radius 2 is 2.08 bits per heavy atom. The van der Waals surface area contributed by atoms with Gasteiger partial charge in [0.05, 0.1) is 5.69 Å². The fourth-order valence-electron chi connectivity index (χ4n) is 0.539. The van der Waals surface area contributed by atoms with E-state index >= 15 is 0 Å². The molecule has 0 aliphatic heterocycles. The number of carbonyl (C=O) groups is 1. The Labute approximate surface area is 70.5 Å². The molecule has 0 aromatic carbocycles. The molecule has 0 amide bonds. The molecule has 0 aliphatic rings. The van der Waals surface area contributed by atoms with Gasteiger partial charge in [-0.15, -0.1) is 0 Å². The van der Waals surface area contributed by atoms with Crippen LogP contribution in [0.1, 0.15) is 16.2 Å². The number of nitrogens with two attached hydrogens (primary N) is 1. The fraction of sp³-hybridized carbons (Fsp3) is 0.429. The van der Waals surface area contributed by atoms with Crippen LogP contribution in [-0.4, -0.2) is 25.5 Å². The smallest absolute Gasteiger partial charge is 0.292 e. The highest BCUT2D eigenvalue weighted by Crippen LogP contribution is 2.07. The number of ether oxygens (including phenoxy) is 1. The van der Waals surface area contributed by atoms with Crippen molar-refractivity contribution in [3.8, 4) is 0 Å². The molecule has 0 saturated carbocycles. The average Bonchev–Trinajstić information content (AvgIpc) is 2.31. The van der Waals surface area contributed by atoms with Crippen LogP contribution in [0.4, 0.5) is 6.01 Å². The minimum Gasteiger partial charge on any atom is -0.421 e. The number of nitrogens with zero attached hydrogens (tertiary/aromatic N) is 1. The molecular weight excluding hydrogens is 160 g/mol. The summed E-state index contributed by atoms with van der Waals surface area (Å²) in [5.41, 5.74) is 5.65. The lowest BCUT2D eigenvalue weighted by Gasteiger charge is -1.76. The molecule has 0 spiro atoms. The van der Waals surface area contributed by atoms with Gasteiger partial charge in [0, 0.05) is 14.2 Å². The minimum absolute atomic E-state index is 0.0367. The molecule has 0 unspecified atom stereocenters. The summed E-state index contributed by atoms with van der Waals surface area (Å²) in [6.45, 7) is 1.66. The second-order valence-electron chi connectivity index (χ2n) is 2.03. The van der Waals surface area contributed by atoms with E-state index < -0.39 is 0 Å². The van der Waals surface area contributed by atoms with Crippen LogP contribution in [-0.2, 0) is 4.74 Å². The number of rotatable bonds is 1. The van der Waals surface area contributed by atoms with E-state index in [0.29, 0.717) is 12.0 Å². The number of anilines is 1. The molecule has 1 rings (SSSR count). The Morgan fingerprint density at radius 1 is 1.58 bits per heavy atom. The van der Waals surface area contributed by atoms with E-state index in [1.165, 1.54) is 0 Å². The van der Waals surface area contributed by atoms with Gasteiger partial charge in [0.25, 0.3) is 6.01 Å². The molecular formula is C7H12N2O3. The average molecular weight is 172 g/mol.